The van der Waals surface area contributed by atoms with Crippen molar-refractivity contribution in [1.82, 2.24) is 0 Å². The molecule has 0 atom stereocenters. The van der Waals surface area contributed by atoms with Crippen LogP contribution in [0.4, 0.5) is 25.8 Å². The molecule has 0 aliphatic carbocycles. The van der Waals surface area contributed by atoms with Crippen LogP contribution < -0.4 is 25.6 Å². The maximum Gasteiger partial charge on any atom is 0.296 e. The average molecular weight is 639 g/mol. The Bertz CT molecular complexity index is 1320. The van der Waals surface area contributed by atoms with Gasteiger partial charge in [-0.1, -0.05) is 6.07 Å². The van der Waals surface area contributed by atoms with Crippen molar-refractivity contribution in [3.05, 3.63) is 73.8 Å². The van der Waals surface area contributed by atoms with Gasteiger partial charge in [0.15, 0.2) is 0 Å². The Morgan fingerprint density at radius 3 is 2.38 bits per heavy atom. The quantitative estimate of drug-likeness (QED) is 0.281. The lowest BCUT2D eigenvalue weighted by Crippen LogP contribution is -2.22. The van der Waals surface area contributed by atoms with Crippen molar-refractivity contribution in [2.24, 2.45) is 10.9 Å². The van der Waals surface area contributed by atoms with E-state index in [1.165, 1.54) is 30.3 Å². The molecule has 13 heteroatoms. The zero-order chi connectivity index (χ0) is 23.6. The van der Waals surface area contributed by atoms with E-state index in [0.717, 1.165) is 12.1 Å². The summed E-state index contributed by atoms with van der Waals surface area (Å²) < 4.78 is 59.8. The van der Waals surface area contributed by atoms with E-state index in [1.54, 1.807) is 6.07 Å². The van der Waals surface area contributed by atoms with Crippen LogP contribution >= 0.6 is 38.5 Å². The molecule has 0 heterocycles. The van der Waals surface area contributed by atoms with Gasteiger partial charge in [0.1, 0.15) is 28.7 Å². The number of carbonyl (C=O) groups excluding carboxylic acids is 1. The lowest BCUT2D eigenvalue weighted by molar-refractivity contribution is 0.0999. The number of primary amides is 1. The van der Waals surface area contributed by atoms with Crippen molar-refractivity contribution in [1.29, 1.82) is 0 Å². The fourth-order valence-corrected chi connectivity index (χ4v) is 4.20. The van der Waals surface area contributed by atoms with Gasteiger partial charge in [0.2, 0.25) is 0 Å². The third-order valence-corrected chi connectivity index (χ3v) is 5.94. The van der Waals surface area contributed by atoms with Crippen LogP contribution in [0.2, 0.25) is 0 Å². The second-order valence-corrected chi connectivity index (χ2v) is 9.64. The fraction of sp³-hybridized carbons (Fsp3) is 0. The highest BCUT2D eigenvalue weighted by Crippen LogP contribution is 2.39. The first kappa shape index (κ1) is 24.2. The van der Waals surface area contributed by atoms with Gasteiger partial charge in [-0.2, -0.15) is 8.42 Å². The summed E-state index contributed by atoms with van der Waals surface area (Å²) in [5.74, 6) is -2.64. The van der Waals surface area contributed by atoms with E-state index in [2.05, 4.69) is 26.0 Å². The SMILES string of the molecule is NC(=O)c1c(Nc2ccc(I)cc2F)cc(F)cc1Oc1cccc(NS(N)(=O)=O)c1Br. The summed E-state index contributed by atoms with van der Waals surface area (Å²) in [6.07, 6.45) is 0. The predicted molar refractivity (Wildman–Crippen MR) is 128 cm³/mol. The average Bonchev–Trinajstić information content (AvgIpc) is 2.65. The van der Waals surface area contributed by atoms with E-state index in [9.17, 15) is 22.0 Å². The first-order chi connectivity index (χ1) is 14.9. The highest BCUT2D eigenvalue weighted by atomic mass is 127. The van der Waals surface area contributed by atoms with E-state index in [-0.39, 0.29) is 38.6 Å². The highest BCUT2D eigenvalue weighted by molar-refractivity contribution is 14.1. The molecule has 0 aliphatic rings. The third-order valence-electron chi connectivity index (χ3n) is 3.95. The summed E-state index contributed by atoms with van der Waals surface area (Å²) in [4.78, 5) is 12.2. The van der Waals surface area contributed by atoms with Crippen LogP contribution in [-0.2, 0) is 10.2 Å². The maximum absolute atomic E-state index is 14.4. The summed E-state index contributed by atoms with van der Waals surface area (Å²) in [6.45, 7) is 0. The molecule has 3 aromatic carbocycles. The minimum Gasteiger partial charge on any atom is -0.455 e. The molecule has 0 radical (unpaired) electrons. The normalized spacial score (nSPS) is 11.2. The zero-order valence-corrected chi connectivity index (χ0v) is 20.4. The third kappa shape index (κ3) is 5.85. The molecule has 0 bridgehead atoms. The number of carbonyl (C=O) groups is 1. The molecule has 8 nitrogen and oxygen atoms in total. The van der Waals surface area contributed by atoms with E-state index < -0.39 is 27.8 Å². The number of nitrogens with two attached hydrogens (primary N) is 2. The molecule has 0 spiro atoms. The molecular formula is C19H14BrF2IN4O4S. The van der Waals surface area contributed by atoms with E-state index >= 15 is 0 Å². The fourth-order valence-electron chi connectivity index (χ4n) is 2.69. The van der Waals surface area contributed by atoms with Crippen LogP contribution in [0.5, 0.6) is 11.5 Å². The van der Waals surface area contributed by atoms with Crippen LogP contribution in [0.1, 0.15) is 10.4 Å². The van der Waals surface area contributed by atoms with Crippen molar-refractivity contribution < 1.29 is 26.7 Å². The molecule has 0 aromatic heterocycles. The number of hydrogen-bond donors (Lipinski definition) is 4. The molecule has 0 unspecified atom stereocenters. The summed E-state index contributed by atoms with van der Waals surface area (Å²) in [7, 11) is -4.08. The Kier molecular flexibility index (Phi) is 7.22. The van der Waals surface area contributed by atoms with Crippen molar-refractivity contribution in [2.75, 3.05) is 10.0 Å². The Morgan fingerprint density at radius 2 is 1.75 bits per heavy atom. The Labute approximate surface area is 203 Å². The second kappa shape index (κ2) is 9.56. The molecular weight excluding hydrogens is 625 g/mol. The minimum absolute atomic E-state index is 0.00926. The van der Waals surface area contributed by atoms with Crippen molar-refractivity contribution >= 4 is 71.7 Å². The van der Waals surface area contributed by atoms with Crippen molar-refractivity contribution in [3.63, 3.8) is 0 Å². The number of nitrogens with one attached hydrogen (secondary N) is 2. The Balaban J connectivity index is 2.06. The molecule has 0 saturated carbocycles. The molecule has 1 amide bonds. The maximum atomic E-state index is 14.4. The number of rotatable bonds is 7. The molecule has 0 saturated heterocycles. The topological polar surface area (TPSA) is 137 Å². The Morgan fingerprint density at radius 1 is 1.03 bits per heavy atom. The number of halogens is 4. The summed E-state index contributed by atoms with van der Waals surface area (Å²) in [6, 6.07) is 10.5. The van der Waals surface area contributed by atoms with Gasteiger partial charge in [-0.3, -0.25) is 9.52 Å². The van der Waals surface area contributed by atoms with Crippen molar-refractivity contribution in [3.8, 4) is 11.5 Å². The van der Waals surface area contributed by atoms with Crippen LogP contribution in [0.25, 0.3) is 0 Å². The second-order valence-electron chi connectivity index (χ2n) is 6.31. The monoisotopic (exact) mass is 638 g/mol. The number of benzene rings is 3. The van der Waals surface area contributed by atoms with Crippen LogP contribution in [0.15, 0.2) is 53.0 Å². The predicted octanol–water partition coefficient (Wildman–Crippen LogP) is 4.58. The number of amides is 1. The standard InChI is InChI=1S/C19H14BrF2IN4O4S/c20-18-13(27-32(25,29)30)2-1-3-15(18)31-16-7-9(21)6-14(17(16)19(24)28)26-12-5-4-10(23)8-11(12)22/h1-8,26-27H,(H2,24,28)(H2,25,29,30). The molecule has 32 heavy (non-hydrogen) atoms. The van der Waals surface area contributed by atoms with Gasteiger partial charge in [-0.15, -0.1) is 0 Å². The zero-order valence-electron chi connectivity index (χ0n) is 15.8. The molecule has 168 valence electrons. The summed E-state index contributed by atoms with van der Waals surface area (Å²) in [5.41, 5.74) is 5.15. The van der Waals surface area contributed by atoms with Gasteiger partial charge in [-0.05, 0) is 74.9 Å². The summed E-state index contributed by atoms with van der Waals surface area (Å²) in [5, 5.41) is 7.64. The van der Waals surface area contributed by atoms with Gasteiger partial charge in [-0.25, -0.2) is 13.9 Å². The first-order valence-corrected chi connectivity index (χ1v) is 12.0. The first-order valence-electron chi connectivity index (χ1n) is 8.57. The number of hydrogen-bond acceptors (Lipinski definition) is 5. The van der Waals surface area contributed by atoms with Gasteiger partial charge in [0.05, 0.1) is 21.5 Å². The van der Waals surface area contributed by atoms with E-state index in [4.69, 9.17) is 15.6 Å². The molecule has 0 aliphatic heterocycles. The van der Waals surface area contributed by atoms with Crippen LogP contribution in [0, 0.1) is 15.2 Å². The van der Waals surface area contributed by atoms with Crippen LogP contribution in [-0.4, -0.2) is 14.3 Å². The number of ether oxygens (including phenoxy) is 1. The lowest BCUT2D eigenvalue weighted by Gasteiger charge is -2.17. The smallest absolute Gasteiger partial charge is 0.296 e. The van der Waals surface area contributed by atoms with Gasteiger partial charge in [0, 0.05) is 9.64 Å². The van der Waals surface area contributed by atoms with Gasteiger partial charge in [0.25, 0.3) is 16.1 Å². The Hall–Kier alpha value is -2.49. The lowest BCUT2D eigenvalue weighted by atomic mass is 10.1. The minimum atomic E-state index is -4.08. The van der Waals surface area contributed by atoms with Gasteiger partial charge >= 0.3 is 0 Å². The summed E-state index contributed by atoms with van der Waals surface area (Å²) >= 11 is 5.11. The number of anilines is 3. The molecule has 6 N–H and O–H groups in total. The molecule has 3 rings (SSSR count). The van der Waals surface area contributed by atoms with Crippen molar-refractivity contribution in [2.45, 2.75) is 0 Å². The van der Waals surface area contributed by atoms with Gasteiger partial charge < -0.3 is 15.8 Å². The van der Waals surface area contributed by atoms with Crippen LogP contribution in [0.3, 0.4) is 0 Å². The molecule has 0 fully saturated rings. The van der Waals surface area contributed by atoms with E-state index in [0.29, 0.717) is 3.57 Å². The van der Waals surface area contributed by atoms with E-state index in [1.807, 2.05) is 22.6 Å². The molecule has 3 aromatic rings. The highest BCUT2D eigenvalue weighted by Gasteiger charge is 2.21. The largest absolute Gasteiger partial charge is 0.455 e.